The lowest BCUT2D eigenvalue weighted by molar-refractivity contribution is 0.226. The third-order valence-electron chi connectivity index (χ3n) is 4.44. The zero-order chi connectivity index (χ0) is 14.3. The second kappa shape index (κ2) is 8.76. The van der Waals surface area contributed by atoms with Gasteiger partial charge in [0.25, 0.3) is 0 Å². The summed E-state index contributed by atoms with van der Waals surface area (Å²) in [5.41, 5.74) is 0. The SMILES string of the molecule is CCC(C)NC1NCC(C)C=CCC(C)CC1CC. The molecule has 0 spiro atoms. The molecule has 1 heterocycles. The van der Waals surface area contributed by atoms with Crippen molar-refractivity contribution in [3.63, 3.8) is 0 Å². The van der Waals surface area contributed by atoms with Gasteiger partial charge in [-0.3, -0.25) is 5.32 Å². The molecule has 0 aromatic carbocycles. The molecule has 19 heavy (non-hydrogen) atoms. The van der Waals surface area contributed by atoms with E-state index in [1.165, 1.54) is 25.7 Å². The van der Waals surface area contributed by atoms with Gasteiger partial charge in [0.15, 0.2) is 0 Å². The van der Waals surface area contributed by atoms with Gasteiger partial charge in [-0.05, 0) is 43.9 Å². The fourth-order valence-electron chi connectivity index (χ4n) is 2.86. The quantitative estimate of drug-likeness (QED) is 0.753. The predicted molar refractivity (Wildman–Crippen MR) is 85.2 cm³/mol. The van der Waals surface area contributed by atoms with Crippen LogP contribution in [0.3, 0.4) is 0 Å². The van der Waals surface area contributed by atoms with Crippen molar-refractivity contribution in [3.8, 4) is 0 Å². The van der Waals surface area contributed by atoms with Crippen LogP contribution in [0, 0.1) is 17.8 Å². The van der Waals surface area contributed by atoms with Crippen LogP contribution in [0.5, 0.6) is 0 Å². The summed E-state index contributed by atoms with van der Waals surface area (Å²) in [5, 5.41) is 7.55. The highest BCUT2D eigenvalue weighted by atomic mass is 15.1. The van der Waals surface area contributed by atoms with Crippen LogP contribution in [0.4, 0.5) is 0 Å². The lowest BCUT2D eigenvalue weighted by Gasteiger charge is -2.33. The van der Waals surface area contributed by atoms with Crippen LogP contribution in [0.2, 0.25) is 0 Å². The fraction of sp³-hybridized carbons (Fsp3) is 0.882. The highest BCUT2D eigenvalue weighted by molar-refractivity contribution is 4.91. The van der Waals surface area contributed by atoms with Gasteiger partial charge < -0.3 is 5.32 Å². The average Bonchev–Trinajstić information content (AvgIpc) is 2.40. The summed E-state index contributed by atoms with van der Waals surface area (Å²) in [6.07, 6.45) is 10.2. The Labute approximate surface area is 120 Å². The summed E-state index contributed by atoms with van der Waals surface area (Å²) in [5.74, 6) is 2.15. The van der Waals surface area contributed by atoms with Crippen LogP contribution in [0.25, 0.3) is 0 Å². The van der Waals surface area contributed by atoms with Crippen molar-refractivity contribution in [2.75, 3.05) is 6.54 Å². The van der Waals surface area contributed by atoms with Crippen LogP contribution in [-0.2, 0) is 0 Å². The van der Waals surface area contributed by atoms with Crippen LogP contribution in [0.15, 0.2) is 12.2 Å². The number of hydrogen-bond donors (Lipinski definition) is 2. The molecule has 0 bridgehead atoms. The summed E-state index contributed by atoms with van der Waals surface area (Å²) in [6.45, 7) is 12.6. The molecule has 0 saturated heterocycles. The molecule has 0 aliphatic carbocycles. The summed E-state index contributed by atoms with van der Waals surface area (Å²) in [4.78, 5) is 0. The minimum absolute atomic E-state index is 0.469. The molecular weight excluding hydrogens is 232 g/mol. The highest BCUT2D eigenvalue weighted by Gasteiger charge is 2.23. The molecule has 5 atom stereocenters. The van der Waals surface area contributed by atoms with E-state index in [-0.39, 0.29) is 0 Å². The molecule has 1 aliphatic heterocycles. The first kappa shape index (κ1) is 16.7. The van der Waals surface area contributed by atoms with Crippen LogP contribution in [-0.4, -0.2) is 18.8 Å². The first-order chi connectivity index (χ1) is 9.06. The largest absolute Gasteiger partial charge is 0.301 e. The van der Waals surface area contributed by atoms with E-state index in [0.29, 0.717) is 18.1 Å². The standard InChI is InChI=1S/C17H34N2/c1-6-15(5)19-17-16(7-2)11-13(3)9-8-10-14(4)12-18-17/h8,10,13-19H,6-7,9,11-12H2,1-5H3. The smallest absolute Gasteiger partial charge is 0.0602 e. The van der Waals surface area contributed by atoms with Gasteiger partial charge in [0.05, 0.1) is 6.17 Å². The maximum atomic E-state index is 3.79. The van der Waals surface area contributed by atoms with Gasteiger partial charge in [-0.2, -0.15) is 0 Å². The Kier molecular flexibility index (Phi) is 7.70. The second-order valence-corrected chi connectivity index (χ2v) is 6.51. The molecule has 0 aromatic heterocycles. The molecule has 0 amide bonds. The molecule has 1 rings (SSSR count). The third-order valence-corrected chi connectivity index (χ3v) is 4.44. The van der Waals surface area contributed by atoms with Crippen LogP contribution in [0.1, 0.15) is 60.3 Å². The van der Waals surface area contributed by atoms with E-state index in [1.54, 1.807) is 0 Å². The van der Waals surface area contributed by atoms with E-state index in [2.05, 4.69) is 57.4 Å². The van der Waals surface area contributed by atoms with Gasteiger partial charge >= 0.3 is 0 Å². The van der Waals surface area contributed by atoms with E-state index >= 15 is 0 Å². The molecule has 0 fully saturated rings. The van der Waals surface area contributed by atoms with Gasteiger partial charge in [-0.25, -0.2) is 0 Å². The zero-order valence-electron chi connectivity index (χ0n) is 13.6. The van der Waals surface area contributed by atoms with Crippen LogP contribution < -0.4 is 10.6 Å². The number of nitrogens with one attached hydrogen (secondary N) is 2. The third kappa shape index (κ3) is 6.09. The van der Waals surface area contributed by atoms with Gasteiger partial charge in [-0.15, -0.1) is 0 Å². The molecular formula is C17H34N2. The normalized spacial score (nSPS) is 35.0. The highest BCUT2D eigenvalue weighted by Crippen LogP contribution is 2.23. The van der Waals surface area contributed by atoms with Crippen molar-refractivity contribution in [1.29, 1.82) is 0 Å². The maximum Gasteiger partial charge on any atom is 0.0602 e. The summed E-state index contributed by atoms with van der Waals surface area (Å²) >= 11 is 0. The Balaban J connectivity index is 2.73. The Morgan fingerprint density at radius 3 is 2.68 bits per heavy atom. The molecule has 0 saturated carbocycles. The number of allylic oxidation sites excluding steroid dienone is 1. The molecule has 112 valence electrons. The van der Waals surface area contributed by atoms with Gasteiger partial charge in [-0.1, -0.05) is 46.3 Å². The lowest BCUT2D eigenvalue weighted by Crippen LogP contribution is -2.52. The first-order valence-electron chi connectivity index (χ1n) is 8.22. The summed E-state index contributed by atoms with van der Waals surface area (Å²) < 4.78 is 0. The second-order valence-electron chi connectivity index (χ2n) is 6.51. The Bertz CT molecular complexity index is 262. The minimum Gasteiger partial charge on any atom is -0.301 e. The zero-order valence-corrected chi connectivity index (χ0v) is 13.6. The first-order valence-corrected chi connectivity index (χ1v) is 8.22. The van der Waals surface area contributed by atoms with Crippen molar-refractivity contribution >= 4 is 0 Å². The average molecular weight is 266 g/mol. The monoisotopic (exact) mass is 266 g/mol. The van der Waals surface area contributed by atoms with Gasteiger partial charge in [0, 0.05) is 12.6 Å². The van der Waals surface area contributed by atoms with E-state index in [9.17, 15) is 0 Å². The van der Waals surface area contributed by atoms with E-state index in [1.807, 2.05) is 0 Å². The topological polar surface area (TPSA) is 24.1 Å². The predicted octanol–water partition coefficient (Wildman–Crippen LogP) is 3.94. The Morgan fingerprint density at radius 2 is 2.05 bits per heavy atom. The van der Waals surface area contributed by atoms with E-state index in [4.69, 9.17) is 0 Å². The molecule has 2 heteroatoms. The van der Waals surface area contributed by atoms with Crippen molar-refractivity contribution in [3.05, 3.63) is 12.2 Å². The Morgan fingerprint density at radius 1 is 1.32 bits per heavy atom. The van der Waals surface area contributed by atoms with E-state index < -0.39 is 0 Å². The van der Waals surface area contributed by atoms with Crippen molar-refractivity contribution in [2.45, 2.75) is 72.5 Å². The number of rotatable bonds is 4. The van der Waals surface area contributed by atoms with Crippen LogP contribution >= 0.6 is 0 Å². The van der Waals surface area contributed by atoms with Crippen molar-refractivity contribution in [1.82, 2.24) is 10.6 Å². The lowest BCUT2D eigenvalue weighted by atomic mass is 9.87. The molecule has 5 unspecified atom stereocenters. The molecule has 2 N–H and O–H groups in total. The summed E-state index contributed by atoms with van der Waals surface area (Å²) in [7, 11) is 0. The molecule has 0 radical (unpaired) electrons. The van der Waals surface area contributed by atoms with Crippen molar-refractivity contribution in [2.24, 2.45) is 17.8 Å². The van der Waals surface area contributed by atoms with Gasteiger partial charge in [0.1, 0.15) is 0 Å². The maximum absolute atomic E-state index is 3.79. The summed E-state index contributed by atoms with van der Waals surface area (Å²) in [6, 6.07) is 0.593. The van der Waals surface area contributed by atoms with Gasteiger partial charge in [0.2, 0.25) is 0 Å². The van der Waals surface area contributed by atoms with E-state index in [0.717, 1.165) is 18.4 Å². The molecule has 0 aromatic rings. The van der Waals surface area contributed by atoms with Crippen molar-refractivity contribution < 1.29 is 0 Å². The fourth-order valence-corrected chi connectivity index (χ4v) is 2.86. The Hall–Kier alpha value is -0.340. The number of hydrogen-bond acceptors (Lipinski definition) is 2. The minimum atomic E-state index is 0.469. The molecule has 2 nitrogen and oxygen atoms in total. The molecule has 1 aliphatic rings.